The molecule has 0 atom stereocenters. The van der Waals surface area contributed by atoms with E-state index in [9.17, 15) is 0 Å². The van der Waals surface area contributed by atoms with Crippen molar-refractivity contribution in [2.45, 2.75) is 0 Å². The molecule has 0 aliphatic heterocycles. The van der Waals surface area contributed by atoms with Crippen LogP contribution in [0.3, 0.4) is 0 Å². The van der Waals surface area contributed by atoms with E-state index in [1.807, 2.05) is 60.7 Å². The summed E-state index contributed by atoms with van der Waals surface area (Å²) in [5.41, 5.74) is 1.93. The summed E-state index contributed by atoms with van der Waals surface area (Å²) in [6, 6.07) is 20.1. The summed E-state index contributed by atoms with van der Waals surface area (Å²) in [5, 5.41) is 3.96. The summed E-state index contributed by atoms with van der Waals surface area (Å²) in [6.45, 7) is 0. The SMILES string of the molecule is COc1cc(-c2ccc(OC)c3cccc(OC)c23)c(OC)c2ccccc12. The van der Waals surface area contributed by atoms with Crippen molar-refractivity contribution >= 4 is 21.5 Å². The maximum Gasteiger partial charge on any atom is 0.134 e. The first-order valence-electron chi connectivity index (χ1n) is 9.01. The van der Waals surface area contributed by atoms with Gasteiger partial charge in [0.25, 0.3) is 0 Å². The zero-order chi connectivity index (χ0) is 19.7. The van der Waals surface area contributed by atoms with Crippen LogP contribution >= 0.6 is 0 Å². The predicted molar refractivity (Wildman–Crippen MR) is 113 cm³/mol. The van der Waals surface area contributed by atoms with E-state index in [4.69, 9.17) is 18.9 Å². The van der Waals surface area contributed by atoms with E-state index in [0.717, 1.165) is 55.7 Å². The molecular weight excluding hydrogens is 352 g/mol. The van der Waals surface area contributed by atoms with Crippen molar-refractivity contribution in [1.29, 1.82) is 0 Å². The maximum absolute atomic E-state index is 5.86. The molecule has 0 fully saturated rings. The van der Waals surface area contributed by atoms with Crippen molar-refractivity contribution in [3.63, 3.8) is 0 Å². The van der Waals surface area contributed by atoms with Gasteiger partial charge in [-0.15, -0.1) is 0 Å². The van der Waals surface area contributed by atoms with Crippen molar-refractivity contribution < 1.29 is 18.9 Å². The van der Waals surface area contributed by atoms with Crippen LogP contribution in [0.4, 0.5) is 0 Å². The molecular formula is C24H22O4. The number of hydrogen-bond donors (Lipinski definition) is 0. The number of fused-ring (bicyclic) bond motifs is 2. The van der Waals surface area contributed by atoms with Gasteiger partial charge < -0.3 is 18.9 Å². The van der Waals surface area contributed by atoms with Gasteiger partial charge in [0.1, 0.15) is 23.0 Å². The van der Waals surface area contributed by atoms with Gasteiger partial charge in [0.05, 0.1) is 28.4 Å². The van der Waals surface area contributed by atoms with Crippen LogP contribution in [0, 0.1) is 0 Å². The third-order valence-corrected chi connectivity index (χ3v) is 5.07. The Hall–Kier alpha value is -3.40. The molecule has 142 valence electrons. The fourth-order valence-electron chi connectivity index (χ4n) is 3.82. The highest BCUT2D eigenvalue weighted by molar-refractivity contribution is 6.08. The zero-order valence-electron chi connectivity index (χ0n) is 16.4. The Labute approximate surface area is 164 Å². The topological polar surface area (TPSA) is 36.9 Å². The normalized spacial score (nSPS) is 10.9. The predicted octanol–water partition coefficient (Wildman–Crippen LogP) is 5.69. The summed E-state index contributed by atoms with van der Waals surface area (Å²) in [7, 11) is 6.73. The monoisotopic (exact) mass is 374 g/mol. The molecule has 0 saturated heterocycles. The fourth-order valence-corrected chi connectivity index (χ4v) is 3.82. The third kappa shape index (κ3) is 2.69. The average Bonchev–Trinajstić information content (AvgIpc) is 2.76. The zero-order valence-corrected chi connectivity index (χ0v) is 16.4. The summed E-state index contributed by atoms with van der Waals surface area (Å²) in [4.78, 5) is 0. The molecule has 4 aromatic carbocycles. The Morgan fingerprint density at radius 1 is 0.500 bits per heavy atom. The highest BCUT2D eigenvalue weighted by Gasteiger charge is 2.19. The lowest BCUT2D eigenvalue weighted by Gasteiger charge is -2.18. The van der Waals surface area contributed by atoms with Gasteiger partial charge in [-0.25, -0.2) is 0 Å². The van der Waals surface area contributed by atoms with Crippen LogP contribution in [0.25, 0.3) is 32.7 Å². The molecule has 0 amide bonds. The van der Waals surface area contributed by atoms with Crippen LogP contribution in [0.15, 0.2) is 60.7 Å². The van der Waals surface area contributed by atoms with E-state index in [1.165, 1.54) is 0 Å². The molecule has 0 unspecified atom stereocenters. The van der Waals surface area contributed by atoms with Crippen molar-refractivity contribution in [3.05, 3.63) is 60.7 Å². The van der Waals surface area contributed by atoms with Crippen molar-refractivity contribution in [2.75, 3.05) is 28.4 Å². The quantitative estimate of drug-likeness (QED) is 0.449. The van der Waals surface area contributed by atoms with Crippen molar-refractivity contribution in [1.82, 2.24) is 0 Å². The minimum atomic E-state index is 0.778. The van der Waals surface area contributed by atoms with Gasteiger partial charge in [-0.3, -0.25) is 0 Å². The summed E-state index contributed by atoms with van der Waals surface area (Å²) in [6.07, 6.45) is 0. The molecule has 0 spiro atoms. The molecule has 0 aromatic heterocycles. The molecule has 4 nitrogen and oxygen atoms in total. The molecule has 0 heterocycles. The molecule has 0 N–H and O–H groups in total. The molecule has 0 bridgehead atoms. The van der Waals surface area contributed by atoms with Crippen LogP contribution in [0.5, 0.6) is 23.0 Å². The molecule has 0 aliphatic carbocycles. The Balaban J connectivity index is 2.16. The lowest BCUT2D eigenvalue weighted by Crippen LogP contribution is -1.96. The number of rotatable bonds is 5. The molecule has 4 aromatic rings. The first kappa shape index (κ1) is 18.0. The average molecular weight is 374 g/mol. The maximum atomic E-state index is 5.86. The minimum absolute atomic E-state index is 0.778. The Bertz CT molecular complexity index is 1160. The minimum Gasteiger partial charge on any atom is -0.496 e. The summed E-state index contributed by atoms with van der Waals surface area (Å²) < 4.78 is 22.8. The summed E-state index contributed by atoms with van der Waals surface area (Å²) in [5.74, 6) is 3.17. The lowest BCUT2D eigenvalue weighted by molar-refractivity contribution is 0.411. The Morgan fingerprint density at radius 2 is 1.18 bits per heavy atom. The van der Waals surface area contributed by atoms with E-state index in [0.29, 0.717) is 0 Å². The molecule has 0 radical (unpaired) electrons. The van der Waals surface area contributed by atoms with Gasteiger partial charge >= 0.3 is 0 Å². The largest absolute Gasteiger partial charge is 0.496 e. The van der Waals surface area contributed by atoms with E-state index in [1.54, 1.807) is 28.4 Å². The van der Waals surface area contributed by atoms with Crippen LogP contribution in [0.1, 0.15) is 0 Å². The number of ether oxygens (including phenoxy) is 4. The van der Waals surface area contributed by atoms with Gasteiger partial charge in [0, 0.05) is 27.1 Å². The second-order valence-corrected chi connectivity index (χ2v) is 6.40. The van der Waals surface area contributed by atoms with Gasteiger partial charge in [0.15, 0.2) is 0 Å². The van der Waals surface area contributed by atoms with Gasteiger partial charge in [-0.05, 0) is 29.8 Å². The molecule has 4 rings (SSSR count). The molecule has 4 heteroatoms. The second kappa shape index (κ2) is 7.31. The third-order valence-electron chi connectivity index (χ3n) is 5.07. The van der Waals surface area contributed by atoms with Gasteiger partial charge in [0.2, 0.25) is 0 Å². The summed E-state index contributed by atoms with van der Waals surface area (Å²) >= 11 is 0. The highest BCUT2D eigenvalue weighted by Crippen LogP contribution is 2.47. The van der Waals surface area contributed by atoms with Crippen molar-refractivity contribution in [2.24, 2.45) is 0 Å². The van der Waals surface area contributed by atoms with E-state index >= 15 is 0 Å². The standard InChI is InChI=1S/C24H22O4/c1-25-20-13-12-16(23-18(20)10-7-11-21(23)26-2)19-14-22(27-3)15-8-5-6-9-17(15)24(19)28-4/h5-14H,1-4H3. The molecule has 28 heavy (non-hydrogen) atoms. The lowest BCUT2D eigenvalue weighted by atomic mass is 9.93. The van der Waals surface area contributed by atoms with Crippen LogP contribution in [0.2, 0.25) is 0 Å². The first-order chi connectivity index (χ1) is 13.7. The van der Waals surface area contributed by atoms with E-state index in [2.05, 4.69) is 0 Å². The number of benzene rings is 4. The van der Waals surface area contributed by atoms with Crippen LogP contribution < -0.4 is 18.9 Å². The first-order valence-corrected chi connectivity index (χ1v) is 9.01. The second-order valence-electron chi connectivity index (χ2n) is 6.40. The fraction of sp³-hybridized carbons (Fsp3) is 0.167. The number of hydrogen-bond acceptors (Lipinski definition) is 4. The van der Waals surface area contributed by atoms with Gasteiger partial charge in [-0.2, -0.15) is 0 Å². The van der Waals surface area contributed by atoms with E-state index < -0.39 is 0 Å². The Morgan fingerprint density at radius 3 is 1.86 bits per heavy atom. The smallest absolute Gasteiger partial charge is 0.134 e. The van der Waals surface area contributed by atoms with Crippen LogP contribution in [-0.2, 0) is 0 Å². The van der Waals surface area contributed by atoms with E-state index in [-0.39, 0.29) is 0 Å². The van der Waals surface area contributed by atoms with Crippen LogP contribution in [-0.4, -0.2) is 28.4 Å². The number of methoxy groups -OCH3 is 4. The molecule has 0 saturated carbocycles. The highest BCUT2D eigenvalue weighted by atomic mass is 16.5. The Kier molecular flexibility index (Phi) is 4.70. The molecule has 0 aliphatic rings. The van der Waals surface area contributed by atoms with Crippen molar-refractivity contribution in [3.8, 4) is 34.1 Å². The van der Waals surface area contributed by atoms with Gasteiger partial charge in [-0.1, -0.05) is 36.4 Å².